The average molecular weight is 287 g/mol. The van der Waals surface area contributed by atoms with E-state index in [1.165, 1.54) is 0 Å². The minimum atomic E-state index is -2.86. The molecular formula is C13H25N3O2S. The molecule has 1 heterocycles. The zero-order chi connectivity index (χ0) is 14.3. The van der Waals surface area contributed by atoms with Gasteiger partial charge < -0.3 is 5.32 Å². The van der Waals surface area contributed by atoms with Crippen molar-refractivity contribution in [3.63, 3.8) is 0 Å². The second-order valence-electron chi connectivity index (χ2n) is 4.76. The summed E-state index contributed by atoms with van der Waals surface area (Å²) in [5.41, 5.74) is 1.11. The van der Waals surface area contributed by atoms with E-state index in [9.17, 15) is 8.42 Å². The van der Waals surface area contributed by atoms with E-state index >= 15 is 0 Å². The lowest BCUT2D eigenvalue weighted by Gasteiger charge is -2.18. The van der Waals surface area contributed by atoms with E-state index in [1.54, 1.807) is 13.1 Å². The second kappa shape index (κ2) is 7.65. The first-order chi connectivity index (χ1) is 9.00. The third kappa shape index (κ3) is 5.32. The van der Waals surface area contributed by atoms with E-state index in [0.717, 1.165) is 25.1 Å². The Morgan fingerprint density at radius 1 is 1.42 bits per heavy atom. The third-order valence-electron chi connectivity index (χ3n) is 3.24. The molecule has 110 valence electrons. The number of nitrogens with zero attached hydrogens (tertiary/aromatic N) is 2. The quantitative estimate of drug-likeness (QED) is 0.750. The van der Waals surface area contributed by atoms with Gasteiger partial charge in [-0.1, -0.05) is 13.8 Å². The molecule has 0 amide bonds. The van der Waals surface area contributed by atoms with Crippen LogP contribution in [0.1, 0.15) is 44.8 Å². The highest BCUT2D eigenvalue weighted by Gasteiger charge is 2.15. The molecule has 0 aliphatic heterocycles. The molecule has 0 saturated heterocycles. The topological polar surface area (TPSA) is 64.0 Å². The predicted molar refractivity (Wildman–Crippen MR) is 77.8 cm³/mol. The normalized spacial score (nSPS) is 13.6. The lowest BCUT2D eigenvalue weighted by atomic mass is 10.1. The maximum atomic E-state index is 11.5. The van der Waals surface area contributed by atoms with Crippen LogP contribution >= 0.6 is 0 Å². The van der Waals surface area contributed by atoms with Gasteiger partial charge in [-0.3, -0.25) is 4.68 Å². The van der Waals surface area contributed by atoms with E-state index < -0.39 is 9.84 Å². The average Bonchev–Trinajstić information content (AvgIpc) is 2.80. The van der Waals surface area contributed by atoms with Crippen molar-refractivity contribution in [1.29, 1.82) is 0 Å². The van der Waals surface area contributed by atoms with Crippen molar-refractivity contribution in [2.75, 3.05) is 18.1 Å². The van der Waals surface area contributed by atoms with Crippen LogP contribution in [0.4, 0.5) is 0 Å². The third-order valence-corrected chi connectivity index (χ3v) is 5.03. The number of aromatic nitrogens is 2. The van der Waals surface area contributed by atoms with Gasteiger partial charge in [-0.15, -0.1) is 0 Å². The van der Waals surface area contributed by atoms with Crippen molar-refractivity contribution >= 4 is 9.84 Å². The fraction of sp³-hybridized carbons (Fsp3) is 0.769. The summed E-state index contributed by atoms with van der Waals surface area (Å²) < 4.78 is 24.9. The van der Waals surface area contributed by atoms with Gasteiger partial charge in [-0.05, 0) is 31.9 Å². The zero-order valence-corrected chi connectivity index (χ0v) is 12.9. The first-order valence-corrected chi connectivity index (χ1v) is 8.74. The predicted octanol–water partition coefficient (Wildman–Crippen LogP) is 1.68. The summed E-state index contributed by atoms with van der Waals surface area (Å²) >= 11 is 0. The summed E-state index contributed by atoms with van der Waals surface area (Å²) in [5, 5.41) is 7.64. The first kappa shape index (κ1) is 16.2. The molecule has 19 heavy (non-hydrogen) atoms. The molecule has 5 nitrogen and oxygen atoms in total. The Bertz CT molecular complexity index is 468. The zero-order valence-electron chi connectivity index (χ0n) is 12.1. The molecule has 0 saturated carbocycles. The van der Waals surface area contributed by atoms with E-state index in [4.69, 9.17) is 0 Å². The van der Waals surface area contributed by atoms with Crippen molar-refractivity contribution in [3.8, 4) is 0 Å². The van der Waals surface area contributed by atoms with Gasteiger partial charge >= 0.3 is 0 Å². The molecule has 0 aromatic carbocycles. The standard InChI is InChI=1S/C13H25N3O2S/c1-4-9-14-12(13-8-10-15-16(13)3)7-6-11-19(17,18)5-2/h8,10,12,14H,4-7,9,11H2,1-3H3. The molecule has 1 N–H and O–H groups in total. The summed E-state index contributed by atoms with van der Waals surface area (Å²) in [5.74, 6) is 0.497. The summed E-state index contributed by atoms with van der Waals surface area (Å²) in [6, 6.07) is 2.17. The Kier molecular flexibility index (Phi) is 6.51. The molecule has 1 atom stereocenters. The van der Waals surface area contributed by atoms with Crippen LogP contribution in [0.5, 0.6) is 0 Å². The maximum Gasteiger partial charge on any atom is 0.150 e. The molecule has 0 aliphatic rings. The number of hydrogen-bond acceptors (Lipinski definition) is 4. The molecule has 6 heteroatoms. The van der Waals surface area contributed by atoms with Crippen LogP contribution < -0.4 is 5.32 Å². The largest absolute Gasteiger partial charge is 0.309 e. The summed E-state index contributed by atoms with van der Waals surface area (Å²) in [6.07, 6.45) is 4.34. The van der Waals surface area contributed by atoms with Crippen molar-refractivity contribution in [2.24, 2.45) is 7.05 Å². The SMILES string of the molecule is CCCNC(CCCS(=O)(=O)CC)c1ccnn1C. The molecule has 0 aliphatic carbocycles. The van der Waals surface area contributed by atoms with Gasteiger partial charge in [0, 0.05) is 25.0 Å². The van der Waals surface area contributed by atoms with Crippen LogP contribution in [0.2, 0.25) is 0 Å². The number of nitrogens with one attached hydrogen (secondary N) is 1. The number of hydrogen-bond donors (Lipinski definition) is 1. The maximum absolute atomic E-state index is 11.5. The van der Waals surface area contributed by atoms with Gasteiger partial charge in [0.25, 0.3) is 0 Å². The van der Waals surface area contributed by atoms with Crippen LogP contribution in [0, 0.1) is 0 Å². The van der Waals surface area contributed by atoms with Crippen molar-refractivity contribution in [2.45, 2.75) is 39.2 Å². The monoisotopic (exact) mass is 287 g/mol. The number of sulfone groups is 1. The Morgan fingerprint density at radius 3 is 2.68 bits per heavy atom. The van der Waals surface area contributed by atoms with E-state index in [0.29, 0.717) is 6.42 Å². The van der Waals surface area contributed by atoms with E-state index in [1.807, 2.05) is 17.8 Å². The molecule has 1 unspecified atom stereocenters. The summed E-state index contributed by atoms with van der Waals surface area (Å²) in [6.45, 7) is 4.74. The fourth-order valence-corrected chi connectivity index (χ4v) is 2.95. The van der Waals surface area contributed by atoms with Crippen LogP contribution in [0.15, 0.2) is 12.3 Å². The van der Waals surface area contributed by atoms with Gasteiger partial charge in [-0.25, -0.2) is 8.42 Å². The molecule has 0 spiro atoms. The number of rotatable bonds is 9. The Hall–Kier alpha value is -0.880. The first-order valence-electron chi connectivity index (χ1n) is 6.92. The Balaban J connectivity index is 2.59. The molecule has 1 aromatic heterocycles. The molecule has 0 bridgehead atoms. The van der Waals surface area contributed by atoms with Crippen molar-refractivity contribution < 1.29 is 8.42 Å². The highest BCUT2D eigenvalue weighted by molar-refractivity contribution is 7.91. The van der Waals surface area contributed by atoms with E-state index in [-0.39, 0.29) is 17.5 Å². The Morgan fingerprint density at radius 2 is 2.16 bits per heavy atom. The van der Waals surface area contributed by atoms with Crippen molar-refractivity contribution in [3.05, 3.63) is 18.0 Å². The lowest BCUT2D eigenvalue weighted by molar-refractivity contribution is 0.463. The Labute approximate surface area is 116 Å². The van der Waals surface area contributed by atoms with Crippen LogP contribution in [0.3, 0.4) is 0 Å². The summed E-state index contributed by atoms with van der Waals surface area (Å²) in [7, 11) is -0.949. The molecular weight excluding hydrogens is 262 g/mol. The molecule has 0 radical (unpaired) electrons. The van der Waals surface area contributed by atoms with E-state index in [2.05, 4.69) is 17.3 Å². The van der Waals surface area contributed by atoms with Crippen LogP contribution in [-0.4, -0.2) is 36.2 Å². The molecule has 1 rings (SSSR count). The van der Waals surface area contributed by atoms with Gasteiger partial charge in [0.2, 0.25) is 0 Å². The minimum Gasteiger partial charge on any atom is -0.309 e. The minimum absolute atomic E-state index is 0.180. The number of aryl methyl sites for hydroxylation is 1. The highest BCUT2D eigenvalue weighted by Crippen LogP contribution is 2.18. The van der Waals surface area contributed by atoms with Gasteiger partial charge in [0.1, 0.15) is 9.84 Å². The highest BCUT2D eigenvalue weighted by atomic mass is 32.2. The van der Waals surface area contributed by atoms with Crippen LogP contribution in [0.25, 0.3) is 0 Å². The van der Waals surface area contributed by atoms with Gasteiger partial charge in [0.05, 0.1) is 11.4 Å². The van der Waals surface area contributed by atoms with Gasteiger partial charge in [-0.2, -0.15) is 5.10 Å². The van der Waals surface area contributed by atoms with Crippen LogP contribution in [-0.2, 0) is 16.9 Å². The second-order valence-corrected chi connectivity index (χ2v) is 7.24. The molecule has 0 fully saturated rings. The van der Waals surface area contributed by atoms with Crippen molar-refractivity contribution in [1.82, 2.24) is 15.1 Å². The smallest absolute Gasteiger partial charge is 0.150 e. The lowest BCUT2D eigenvalue weighted by Crippen LogP contribution is -2.25. The van der Waals surface area contributed by atoms with Gasteiger partial charge in [0.15, 0.2) is 0 Å². The fourth-order valence-electron chi connectivity index (χ4n) is 2.05. The molecule has 1 aromatic rings. The summed E-state index contributed by atoms with van der Waals surface area (Å²) in [4.78, 5) is 0.